The van der Waals surface area contributed by atoms with Crippen LogP contribution in [-0.2, 0) is 11.2 Å². The first-order valence-corrected chi connectivity index (χ1v) is 6.32. The Hall–Kier alpha value is -0.630. The van der Waals surface area contributed by atoms with E-state index in [-0.39, 0.29) is 5.92 Å². The quantitative estimate of drug-likeness (QED) is 0.797. The highest BCUT2D eigenvalue weighted by Gasteiger charge is 2.22. The SMILES string of the molecule is O=C1CCCC[C@@H]1Cc1cccc(Br)c1. The van der Waals surface area contributed by atoms with Gasteiger partial charge in [-0.15, -0.1) is 0 Å². The fourth-order valence-corrected chi connectivity index (χ4v) is 2.67. The molecule has 1 saturated carbocycles. The molecule has 0 spiro atoms. The van der Waals surface area contributed by atoms with E-state index in [1.54, 1.807) is 0 Å². The van der Waals surface area contributed by atoms with E-state index in [0.29, 0.717) is 5.78 Å². The van der Waals surface area contributed by atoms with Gasteiger partial charge in [-0.3, -0.25) is 4.79 Å². The van der Waals surface area contributed by atoms with Gasteiger partial charge in [0.2, 0.25) is 0 Å². The molecule has 2 rings (SSSR count). The van der Waals surface area contributed by atoms with Crippen LogP contribution in [0.4, 0.5) is 0 Å². The van der Waals surface area contributed by atoms with E-state index in [4.69, 9.17) is 0 Å². The highest BCUT2D eigenvalue weighted by atomic mass is 79.9. The van der Waals surface area contributed by atoms with Gasteiger partial charge in [0.1, 0.15) is 5.78 Å². The molecule has 0 N–H and O–H groups in total. The third kappa shape index (κ3) is 2.91. The average molecular weight is 267 g/mol. The zero-order valence-electron chi connectivity index (χ0n) is 8.71. The smallest absolute Gasteiger partial charge is 0.136 e. The van der Waals surface area contributed by atoms with Gasteiger partial charge < -0.3 is 0 Å². The molecule has 0 saturated heterocycles. The van der Waals surface area contributed by atoms with E-state index in [1.165, 1.54) is 12.0 Å². The van der Waals surface area contributed by atoms with Gasteiger partial charge in [-0.1, -0.05) is 34.5 Å². The summed E-state index contributed by atoms with van der Waals surface area (Å²) in [6, 6.07) is 8.27. The van der Waals surface area contributed by atoms with Gasteiger partial charge in [-0.25, -0.2) is 0 Å². The van der Waals surface area contributed by atoms with Gasteiger partial charge in [0.15, 0.2) is 0 Å². The number of Topliss-reactive ketones (excluding diaryl/α,β-unsaturated/α-hetero) is 1. The Balaban J connectivity index is 2.04. The Morgan fingerprint density at radius 2 is 2.20 bits per heavy atom. The number of hydrogen-bond donors (Lipinski definition) is 0. The summed E-state index contributed by atoms with van der Waals surface area (Å²) in [5.74, 6) is 0.731. The van der Waals surface area contributed by atoms with E-state index < -0.39 is 0 Å². The maximum Gasteiger partial charge on any atom is 0.136 e. The molecule has 1 nitrogen and oxygen atoms in total. The van der Waals surface area contributed by atoms with Crippen LogP contribution in [0.3, 0.4) is 0 Å². The maximum atomic E-state index is 11.7. The lowest BCUT2D eigenvalue weighted by Crippen LogP contribution is -2.20. The monoisotopic (exact) mass is 266 g/mol. The third-order valence-corrected chi connectivity index (χ3v) is 3.55. The van der Waals surface area contributed by atoms with Gasteiger partial charge in [0.25, 0.3) is 0 Å². The summed E-state index contributed by atoms with van der Waals surface area (Å²) in [5, 5.41) is 0. The minimum Gasteiger partial charge on any atom is -0.299 e. The van der Waals surface area contributed by atoms with Crippen LogP contribution in [0.15, 0.2) is 28.7 Å². The molecule has 1 atom stereocenters. The van der Waals surface area contributed by atoms with E-state index >= 15 is 0 Å². The minimum absolute atomic E-state index is 0.271. The van der Waals surface area contributed by atoms with Crippen LogP contribution in [0.1, 0.15) is 31.2 Å². The summed E-state index contributed by atoms with van der Waals surface area (Å²) >= 11 is 3.46. The standard InChI is InChI=1S/C13H15BrO/c14-12-6-3-4-10(9-12)8-11-5-1-2-7-13(11)15/h3-4,6,9,11H,1-2,5,7-8H2/t11-/m1/s1. The fraction of sp³-hybridized carbons (Fsp3) is 0.462. The number of ketones is 1. The summed E-state index contributed by atoms with van der Waals surface area (Å²) in [4.78, 5) is 11.7. The van der Waals surface area contributed by atoms with Crippen LogP contribution < -0.4 is 0 Å². The molecule has 1 aliphatic rings. The Morgan fingerprint density at radius 1 is 1.33 bits per heavy atom. The van der Waals surface area contributed by atoms with Crippen LogP contribution in [0.2, 0.25) is 0 Å². The van der Waals surface area contributed by atoms with Gasteiger partial charge in [-0.05, 0) is 37.0 Å². The van der Waals surface area contributed by atoms with E-state index in [0.717, 1.165) is 30.2 Å². The van der Waals surface area contributed by atoms with Crippen LogP contribution in [0, 0.1) is 5.92 Å². The molecule has 0 radical (unpaired) electrons. The Kier molecular flexibility index (Phi) is 3.57. The largest absolute Gasteiger partial charge is 0.299 e. The number of halogens is 1. The zero-order valence-corrected chi connectivity index (χ0v) is 10.3. The van der Waals surface area contributed by atoms with Crippen molar-refractivity contribution >= 4 is 21.7 Å². The summed E-state index contributed by atoms with van der Waals surface area (Å²) in [7, 11) is 0. The number of carbonyl (C=O) groups excluding carboxylic acids is 1. The van der Waals surface area contributed by atoms with Crippen molar-refractivity contribution in [3.05, 3.63) is 34.3 Å². The van der Waals surface area contributed by atoms with E-state index in [2.05, 4.69) is 28.1 Å². The summed E-state index contributed by atoms with van der Waals surface area (Å²) < 4.78 is 1.10. The van der Waals surface area contributed by atoms with E-state index in [9.17, 15) is 4.79 Å². The molecule has 0 amide bonds. The molecule has 2 heteroatoms. The van der Waals surface area contributed by atoms with Crippen LogP contribution in [0.5, 0.6) is 0 Å². The van der Waals surface area contributed by atoms with Gasteiger partial charge in [0, 0.05) is 16.8 Å². The highest BCUT2D eigenvalue weighted by molar-refractivity contribution is 9.10. The number of rotatable bonds is 2. The molecular weight excluding hydrogens is 252 g/mol. The highest BCUT2D eigenvalue weighted by Crippen LogP contribution is 2.25. The molecule has 80 valence electrons. The summed E-state index contributed by atoms with van der Waals surface area (Å²) in [6.45, 7) is 0. The normalized spacial score (nSPS) is 21.7. The molecule has 1 aliphatic carbocycles. The second-order valence-electron chi connectivity index (χ2n) is 4.24. The molecule has 0 bridgehead atoms. The lowest BCUT2D eigenvalue weighted by molar-refractivity contribution is -0.124. The second kappa shape index (κ2) is 4.93. The molecule has 1 aromatic carbocycles. The van der Waals surface area contributed by atoms with Crippen LogP contribution in [0.25, 0.3) is 0 Å². The lowest BCUT2D eigenvalue weighted by atomic mass is 9.84. The zero-order chi connectivity index (χ0) is 10.7. The van der Waals surface area contributed by atoms with Crippen molar-refractivity contribution in [2.45, 2.75) is 32.1 Å². The molecule has 0 unspecified atom stereocenters. The van der Waals surface area contributed by atoms with Gasteiger partial charge in [-0.2, -0.15) is 0 Å². The van der Waals surface area contributed by atoms with Gasteiger partial charge in [0.05, 0.1) is 0 Å². The minimum atomic E-state index is 0.271. The van der Waals surface area contributed by atoms with Crippen molar-refractivity contribution in [1.82, 2.24) is 0 Å². The lowest BCUT2D eigenvalue weighted by Gasteiger charge is -2.20. The Bertz CT molecular complexity index is 359. The molecule has 0 aromatic heterocycles. The Morgan fingerprint density at radius 3 is 2.93 bits per heavy atom. The molecule has 0 aliphatic heterocycles. The van der Waals surface area contributed by atoms with Crippen molar-refractivity contribution < 1.29 is 4.79 Å². The van der Waals surface area contributed by atoms with Crippen LogP contribution in [-0.4, -0.2) is 5.78 Å². The molecule has 0 heterocycles. The first-order chi connectivity index (χ1) is 7.25. The predicted molar refractivity (Wildman–Crippen MR) is 64.8 cm³/mol. The Labute approximate surface area is 99.0 Å². The van der Waals surface area contributed by atoms with Crippen LogP contribution >= 0.6 is 15.9 Å². The number of benzene rings is 1. The van der Waals surface area contributed by atoms with Crippen molar-refractivity contribution in [3.63, 3.8) is 0 Å². The van der Waals surface area contributed by atoms with Crippen molar-refractivity contribution in [2.24, 2.45) is 5.92 Å². The fourth-order valence-electron chi connectivity index (χ4n) is 2.22. The number of hydrogen-bond acceptors (Lipinski definition) is 1. The number of carbonyl (C=O) groups is 1. The van der Waals surface area contributed by atoms with Crippen molar-refractivity contribution in [1.29, 1.82) is 0 Å². The van der Waals surface area contributed by atoms with Crippen molar-refractivity contribution in [3.8, 4) is 0 Å². The molecule has 1 aromatic rings. The van der Waals surface area contributed by atoms with E-state index in [1.807, 2.05) is 12.1 Å². The average Bonchev–Trinajstić information content (AvgIpc) is 2.22. The van der Waals surface area contributed by atoms with Gasteiger partial charge >= 0.3 is 0 Å². The summed E-state index contributed by atoms with van der Waals surface area (Å²) in [5.41, 5.74) is 1.27. The molecule has 15 heavy (non-hydrogen) atoms. The third-order valence-electron chi connectivity index (χ3n) is 3.05. The second-order valence-corrected chi connectivity index (χ2v) is 5.16. The van der Waals surface area contributed by atoms with Crippen molar-refractivity contribution in [2.75, 3.05) is 0 Å². The topological polar surface area (TPSA) is 17.1 Å². The first kappa shape index (κ1) is 10.9. The molecular formula is C13H15BrO. The predicted octanol–water partition coefficient (Wildman–Crippen LogP) is 3.75. The molecule has 1 fully saturated rings. The summed E-state index contributed by atoms with van der Waals surface area (Å²) in [6.07, 6.45) is 5.08. The first-order valence-electron chi connectivity index (χ1n) is 5.53. The maximum absolute atomic E-state index is 11.7.